The monoisotopic (exact) mass is 154 g/mol. The van der Waals surface area contributed by atoms with Gasteiger partial charge in [0.15, 0.2) is 0 Å². The largest absolute Gasteiger partial charge is 0.550 e. The molecule has 0 aromatic carbocycles. The molecule has 0 fully saturated rings. The van der Waals surface area contributed by atoms with Crippen molar-refractivity contribution in [2.45, 2.75) is 25.8 Å². The van der Waals surface area contributed by atoms with Crippen LogP contribution in [0.25, 0.3) is 0 Å². The summed E-state index contributed by atoms with van der Waals surface area (Å²) in [6.07, 6.45) is 3.77. The van der Waals surface area contributed by atoms with Crippen LogP contribution in [0.2, 0.25) is 0 Å². The predicted octanol–water partition coefficient (Wildman–Crippen LogP) is 0.162. The summed E-state index contributed by atoms with van der Waals surface area (Å²) in [5.74, 6) is -1.04. The van der Waals surface area contributed by atoms with Gasteiger partial charge in [-0.25, -0.2) is 0 Å². The van der Waals surface area contributed by atoms with E-state index in [0.29, 0.717) is 6.42 Å². The molecule has 0 heterocycles. The minimum Gasteiger partial charge on any atom is -0.550 e. The number of aliphatic imine (C=N–C) groups is 1. The zero-order chi connectivity index (χ0) is 8.69. The van der Waals surface area contributed by atoms with Crippen LogP contribution in [0, 0.1) is 0 Å². The number of hydrogen-bond donors (Lipinski definition) is 0. The molecule has 0 saturated heterocycles. The van der Waals surface area contributed by atoms with Crippen LogP contribution >= 0.6 is 0 Å². The van der Waals surface area contributed by atoms with E-state index in [1.165, 1.54) is 0 Å². The summed E-state index contributed by atoms with van der Waals surface area (Å²) in [6, 6.07) is -0.0853. The van der Waals surface area contributed by atoms with E-state index in [1.807, 2.05) is 0 Å². The van der Waals surface area contributed by atoms with E-state index in [0.717, 1.165) is 0 Å². The Morgan fingerprint density at radius 3 is 2.82 bits per heavy atom. The molecule has 0 aromatic rings. The van der Waals surface area contributed by atoms with Crippen molar-refractivity contribution in [2.75, 3.05) is 0 Å². The lowest BCUT2D eigenvalue weighted by Crippen LogP contribution is -2.23. The van der Waals surface area contributed by atoms with Crippen LogP contribution < -0.4 is 5.11 Å². The molecule has 0 rings (SSSR count). The summed E-state index contributed by atoms with van der Waals surface area (Å²) in [5, 5.41) is 10.0. The average Bonchev–Trinajstić information content (AvgIpc) is 1.97. The summed E-state index contributed by atoms with van der Waals surface area (Å²) in [4.78, 5) is 14.0. The molecule has 0 bridgehead atoms. The zero-order valence-corrected chi connectivity index (χ0v) is 6.62. The third kappa shape index (κ3) is 5.33. The SMILES string of the molecule is C=CC(CCC(=O)[O-])N=CC. The van der Waals surface area contributed by atoms with Crippen molar-refractivity contribution in [3.05, 3.63) is 12.7 Å². The molecule has 0 aliphatic heterocycles. The minimum absolute atomic E-state index is 0.0357. The van der Waals surface area contributed by atoms with E-state index >= 15 is 0 Å². The molecule has 3 heteroatoms. The Bertz CT molecular complexity index is 163. The molecular weight excluding hydrogens is 142 g/mol. The van der Waals surface area contributed by atoms with Crippen molar-refractivity contribution in [1.29, 1.82) is 0 Å². The van der Waals surface area contributed by atoms with Gasteiger partial charge >= 0.3 is 0 Å². The fourth-order valence-electron chi connectivity index (χ4n) is 0.710. The minimum atomic E-state index is -1.04. The third-order valence-electron chi connectivity index (χ3n) is 1.26. The molecule has 0 spiro atoms. The van der Waals surface area contributed by atoms with Crippen LogP contribution in [-0.4, -0.2) is 18.2 Å². The molecule has 0 aromatic heterocycles. The van der Waals surface area contributed by atoms with E-state index in [4.69, 9.17) is 0 Å². The highest BCUT2D eigenvalue weighted by Gasteiger charge is 1.98. The Kier molecular flexibility index (Phi) is 5.07. The number of carboxylic acid groups (broad SMARTS) is 1. The molecule has 0 aliphatic carbocycles. The molecule has 1 unspecified atom stereocenters. The Labute approximate surface area is 66.5 Å². The number of rotatable bonds is 5. The van der Waals surface area contributed by atoms with Gasteiger partial charge in [-0.05, 0) is 26.0 Å². The van der Waals surface area contributed by atoms with Crippen LogP contribution in [0.4, 0.5) is 0 Å². The van der Waals surface area contributed by atoms with Gasteiger partial charge in [-0.15, -0.1) is 6.58 Å². The second-order valence-electron chi connectivity index (χ2n) is 2.12. The zero-order valence-electron chi connectivity index (χ0n) is 6.62. The Morgan fingerprint density at radius 2 is 2.45 bits per heavy atom. The van der Waals surface area contributed by atoms with Crippen LogP contribution in [0.15, 0.2) is 17.6 Å². The summed E-state index contributed by atoms with van der Waals surface area (Å²) in [6.45, 7) is 5.32. The molecule has 62 valence electrons. The molecule has 3 nitrogen and oxygen atoms in total. The van der Waals surface area contributed by atoms with Gasteiger partial charge in [-0.2, -0.15) is 0 Å². The standard InChI is InChI=1S/C8H13NO2/c1-3-7(9-4-2)5-6-8(10)11/h3-4,7H,1,5-6H2,2H3,(H,10,11)/p-1. The molecule has 0 radical (unpaired) electrons. The van der Waals surface area contributed by atoms with Crippen molar-refractivity contribution in [1.82, 2.24) is 0 Å². The number of nitrogens with zero attached hydrogens (tertiary/aromatic N) is 1. The topological polar surface area (TPSA) is 52.5 Å². The van der Waals surface area contributed by atoms with E-state index < -0.39 is 5.97 Å². The summed E-state index contributed by atoms with van der Waals surface area (Å²) in [7, 11) is 0. The first-order chi connectivity index (χ1) is 5.20. The second-order valence-corrected chi connectivity index (χ2v) is 2.12. The van der Waals surface area contributed by atoms with Crippen molar-refractivity contribution in [3.63, 3.8) is 0 Å². The van der Waals surface area contributed by atoms with E-state index in [-0.39, 0.29) is 12.5 Å². The predicted molar refractivity (Wildman–Crippen MR) is 42.4 cm³/mol. The molecule has 11 heavy (non-hydrogen) atoms. The van der Waals surface area contributed by atoms with Crippen LogP contribution in [0.5, 0.6) is 0 Å². The van der Waals surface area contributed by atoms with Gasteiger partial charge in [0.2, 0.25) is 0 Å². The summed E-state index contributed by atoms with van der Waals surface area (Å²) in [5.41, 5.74) is 0. The van der Waals surface area contributed by atoms with Crippen LogP contribution in [-0.2, 0) is 4.79 Å². The van der Waals surface area contributed by atoms with Crippen molar-refractivity contribution < 1.29 is 9.90 Å². The quantitative estimate of drug-likeness (QED) is 0.418. The Hall–Kier alpha value is -1.12. The molecule has 0 N–H and O–H groups in total. The fraction of sp³-hybridized carbons (Fsp3) is 0.500. The van der Waals surface area contributed by atoms with Crippen LogP contribution in [0.1, 0.15) is 19.8 Å². The third-order valence-corrected chi connectivity index (χ3v) is 1.26. The van der Waals surface area contributed by atoms with Gasteiger partial charge in [-0.1, -0.05) is 6.08 Å². The van der Waals surface area contributed by atoms with Crippen molar-refractivity contribution in [3.8, 4) is 0 Å². The van der Waals surface area contributed by atoms with Gasteiger partial charge in [0, 0.05) is 5.97 Å². The molecule has 0 amide bonds. The van der Waals surface area contributed by atoms with E-state index in [9.17, 15) is 9.90 Å². The maximum Gasteiger partial charge on any atom is 0.0676 e. The number of carbonyl (C=O) groups is 1. The molecule has 1 atom stereocenters. The van der Waals surface area contributed by atoms with Crippen molar-refractivity contribution in [2.24, 2.45) is 4.99 Å². The second kappa shape index (κ2) is 5.65. The lowest BCUT2D eigenvalue weighted by atomic mass is 10.1. The molecule has 0 aliphatic rings. The van der Waals surface area contributed by atoms with Crippen molar-refractivity contribution >= 4 is 12.2 Å². The maximum atomic E-state index is 10.0. The first kappa shape index (κ1) is 9.88. The molecule has 0 saturated carbocycles. The lowest BCUT2D eigenvalue weighted by Gasteiger charge is -2.06. The lowest BCUT2D eigenvalue weighted by molar-refractivity contribution is -0.305. The highest BCUT2D eigenvalue weighted by Crippen LogP contribution is 2.01. The normalized spacial score (nSPS) is 13.2. The van der Waals surface area contributed by atoms with E-state index in [2.05, 4.69) is 11.6 Å². The summed E-state index contributed by atoms with van der Waals surface area (Å²) < 4.78 is 0. The number of hydrogen-bond acceptors (Lipinski definition) is 3. The van der Waals surface area contributed by atoms with Crippen LogP contribution in [0.3, 0.4) is 0 Å². The smallest absolute Gasteiger partial charge is 0.0676 e. The van der Waals surface area contributed by atoms with E-state index in [1.54, 1.807) is 19.2 Å². The number of carbonyl (C=O) groups excluding carboxylic acids is 1. The maximum absolute atomic E-state index is 10.0. The highest BCUT2D eigenvalue weighted by molar-refractivity contribution is 5.64. The van der Waals surface area contributed by atoms with Gasteiger partial charge < -0.3 is 9.90 Å². The van der Waals surface area contributed by atoms with Gasteiger partial charge in [0.25, 0.3) is 0 Å². The van der Waals surface area contributed by atoms with Gasteiger partial charge in [0.05, 0.1) is 6.04 Å². The first-order valence-corrected chi connectivity index (χ1v) is 3.51. The fourth-order valence-corrected chi connectivity index (χ4v) is 0.710. The van der Waals surface area contributed by atoms with Gasteiger partial charge in [-0.3, -0.25) is 4.99 Å². The average molecular weight is 154 g/mol. The number of aliphatic carboxylic acids is 1. The van der Waals surface area contributed by atoms with Gasteiger partial charge in [0.1, 0.15) is 0 Å². The summed E-state index contributed by atoms with van der Waals surface area (Å²) >= 11 is 0. The number of carboxylic acids is 1. The Balaban J connectivity index is 3.69. The molecular formula is C8H12NO2-. The first-order valence-electron chi connectivity index (χ1n) is 3.51. The Morgan fingerprint density at radius 1 is 1.82 bits per heavy atom. The highest BCUT2D eigenvalue weighted by atomic mass is 16.4.